The first-order chi connectivity index (χ1) is 8.55. The summed E-state index contributed by atoms with van der Waals surface area (Å²) in [6.07, 6.45) is 1.34. The molecule has 0 bridgehead atoms. The zero-order valence-corrected chi connectivity index (χ0v) is 11.3. The number of rotatable bonds is 3. The van der Waals surface area contributed by atoms with Crippen LogP contribution in [0.4, 0.5) is 0 Å². The van der Waals surface area contributed by atoms with Crippen LogP contribution in [-0.4, -0.2) is 31.7 Å². The summed E-state index contributed by atoms with van der Waals surface area (Å²) in [4.78, 5) is 11.5. The van der Waals surface area contributed by atoms with Crippen molar-refractivity contribution in [2.75, 3.05) is 13.1 Å². The van der Waals surface area contributed by atoms with Gasteiger partial charge in [-0.1, -0.05) is 6.07 Å². The van der Waals surface area contributed by atoms with E-state index in [1.165, 1.54) is 15.6 Å². The maximum Gasteiger partial charge on any atom is 0.252 e. The zero-order chi connectivity index (χ0) is 13.2. The summed E-state index contributed by atoms with van der Waals surface area (Å²) in [5.41, 5.74) is 2.08. The van der Waals surface area contributed by atoms with E-state index < -0.39 is 10.0 Å². The SMILES string of the molecule is NNC(=O)[C@H]1CCCN(S(=O)(=O)c2cccs2)C1. The molecule has 1 aromatic rings. The second-order valence-electron chi connectivity index (χ2n) is 4.14. The lowest BCUT2D eigenvalue weighted by Crippen LogP contribution is -2.46. The van der Waals surface area contributed by atoms with Crippen molar-refractivity contribution in [1.29, 1.82) is 0 Å². The third-order valence-electron chi connectivity index (χ3n) is 2.99. The quantitative estimate of drug-likeness (QED) is 0.470. The van der Waals surface area contributed by atoms with Gasteiger partial charge in [-0.2, -0.15) is 4.31 Å². The molecule has 1 amide bonds. The van der Waals surface area contributed by atoms with E-state index in [2.05, 4.69) is 5.43 Å². The Morgan fingerprint density at radius 2 is 2.33 bits per heavy atom. The van der Waals surface area contributed by atoms with Gasteiger partial charge in [-0.25, -0.2) is 14.3 Å². The van der Waals surface area contributed by atoms with Crippen LogP contribution < -0.4 is 11.3 Å². The van der Waals surface area contributed by atoms with Gasteiger partial charge in [-0.3, -0.25) is 10.2 Å². The number of hydrazine groups is 1. The Morgan fingerprint density at radius 1 is 1.56 bits per heavy atom. The Morgan fingerprint density at radius 3 is 2.94 bits per heavy atom. The second-order valence-corrected chi connectivity index (χ2v) is 7.26. The Hall–Kier alpha value is -0.960. The molecule has 1 aliphatic heterocycles. The first-order valence-electron chi connectivity index (χ1n) is 5.60. The number of nitrogens with one attached hydrogen (secondary N) is 1. The number of amides is 1. The number of thiophene rings is 1. The van der Waals surface area contributed by atoms with Crippen LogP contribution in [0.25, 0.3) is 0 Å². The Bertz CT molecular complexity index is 512. The van der Waals surface area contributed by atoms with Gasteiger partial charge in [0, 0.05) is 13.1 Å². The predicted octanol–water partition coefficient (Wildman–Crippen LogP) is 0.139. The normalized spacial score (nSPS) is 21.7. The lowest BCUT2D eigenvalue weighted by atomic mass is 9.99. The van der Waals surface area contributed by atoms with Gasteiger partial charge in [0.25, 0.3) is 10.0 Å². The Balaban J connectivity index is 2.17. The van der Waals surface area contributed by atoms with Crippen molar-refractivity contribution in [2.24, 2.45) is 11.8 Å². The van der Waals surface area contributed by atoms with Crippen molar-refractivity contribution >= 4 is 27.3 Å². The fraction of sp³-hybridized carbons (Fsp3) is 0.500. The van der Waals surface area contributed by atoms with E-state index in [1.807, 2.05) is 0 Å². The Labute approximate surface area is 110 Å². The summed E-state index contributed by atoms with van der Waals surface area (Å²) in [6.45, 7) is 0.651. The first-order valence-corrected chi connectivity index (χ1v) is 7.92. The van der Waals surface area contributed by atoms with Gasteiger partial charge in [-0.15, -0.1) is 11.3 Å². The molecule has 0 aliphatic carbocycles. The molecule has 6 nitrogen and oxygen atoms in total. The third-order valence-corrected chi connectivity index (χ3v) is 6.22. The molecular formula is C10H15N3O3S2. The maximum atomic E-state index is 12.3. The highest BCUT2D eigenvalue weighted by Crippen LogP contribution is 2.26. The van der Waals surface area contributed by atoms with Gasteiger partial charge >= 0.3 is 0 Å². The highest BCUT2D eigenvalue weighted by molar-refractivity contribution is 7.91. The van der Waals surface area contributed by atoms with E-state index >= 15 is 0 Å². The van der Waals surface area contributed by atoms with E-state index in [9.17, 15) is 13.2 Å². The van der Waals surface area contributed by atoms with E-state index in [0.717, 1.165) is 0 Å². The first kappa shape index (κ1) is 13.5. The number of nitrogens with zero attached hydrogens (tertiary/aromatic N) is 1. The number of sulfonamides is 1. The highest BCUT2D eigenvalue weighted by atomic mass is 32.2. The molecule has 8 heteroatoms. The van der Waals surface area contributed by atoms with Crippen LogP contribution in [0.5, 0.6) is 0 Å². The van der Waals surface area contributed by atoms with Crippen molar-refractivity contribution < 1.29 is 13.2 Å². The molecular weight excluding hydrogens is 274 g/mol. The second kappa shape index (κ2) is 5.35. The third kappa shape index (κ3) is 2.56. The van der Waals surface area contributed by atoms with Crippen molar-refractivity contribution in [3.05, 3.63) is 17.5 Å². The van der Waals surface area contributed by atoms with E-state index in [0.29, 0.717) is 23.6 Å². The van der Waals surface area contributed by atoms with Crippen molar-refractivity contribution in [1.82, 2.24) is 9.73 Å². The highest BCUT2D eigenvalue weighted by Gasteiger charge is 2.33. The fourth-order valence-electron chi connectivity index (χ4n) is 2.03. The van der Waals surface area contributed by atoms with Gasteiger partial charge in [0.2, 0.25) is 5.91 Å². The summed E-state index contributed by atoms with van der Waals surface area (Å²) >= 11 is 1.18. The summed E-state index contributed by atoms with van der Waals surface area (Å²) in [6, 6.07) is 3.28. The molecule has 1 aliphatic rings. The summed E-state index contributed by atoms with van der Waals surface area (Å²) in [5, 5.41) is 1.72. The molecule has 0 saturated carbocycles. The average Bonchev–Trinajstić information content (AvgIpc) is 2.92. The molecule has 100 valence electrons. The topological polar surface area (TPSA) is 92.5 Å². The van der Waals surface area contributed by atoms with Crippen LogP contribution in [-0.2, 0) is 14.8 Å². The van der Waals surface area contributed by atoms with Crippen molar-refractivity contribution in [3.8, 4) is 0 Å². The van der Waals surface area contributed by atoms with Gasteiger partial charge in [-0.05, 0) is 24.3 Å². The van der Waals surface area contributed by atoms with Crippen LogP contribution in [0.1, 0.15) is 12.8 Å². The van der Waals surface area contributed by atoms with Crippen molar-refractivity contribution in [2.45, 2.75) is 17.1 Å². The standard InChI is InChI=1S/C10H15N3O3S2/c11-12-10(14)8-3-1-5-13(7-8)18(15,16)9-4-2-6-17-9/h2,4,6,8H,1,3,5,7,11H2,(H,12,14)/t8-/m0/s1. The molecule has 0 unspecified atom stereocenters. The molecule has 2 rings (SSSR count). The van der Waals surface area contributed by atoms with Gasteiger partial charge in [0.15, 0.2) is 0 Å². The van der Waals surface area contributed by atoms with Crippen molar-refractivity contribution in [3.63, 3.8) is 0 Å². The molecule has 0 radical (unpaired) electrons. The molecule has 3 N–H and O–H groups in total. The molecule has 1 saturated heterocycles. The number of carbonyl (C=O) groups excluding carboxylic acids is 1. The zero-order valence-electron chi connectivity index (χ0n) is 9.70. The fourth-order valence-corrected chi connectivity index (χ4v) is 4.70. The molecule has 2 heterocycles. The average molecular weight is 289 g/mol. The van der Waals surface area contributed by atoms with Crippen LogP contribution in [0.3, 0.4) is 0 Å². The van der Waals surface area contributed by atoms with Gasteiger partial charge < -0.3 is 0 Å². The van der Waals surface area contributed by atoms with Gasteiger partial charge in [0.05, 0.1) is 5.92 Å². The molecule has 0 aromatic carbocycles. The molecule has 0 spiro atoms. The van der Waals surface area contributed by atoms with Crippen LogP contribution in [0.2, 0.25) is 0 Å². The maximum absolute atomic E-state index is 12.3. The lowest BCUT2D eigenvalue weighted by molar-refractivity contribution is -0.126. The van der Waals surface area contributed by atoms with Crippen LogP contribution in [0, 0.1) is 5.92 Å². The summed E-state index contributed by atoms with van der Waals surface area (Å²) in [5.74, 6) is 4.42. The van der Waals surface area contributed by atoms with Gasteiger partial charge in [0.1, 0.15) is 4.21 Å². The molecule has 18 heavy (non-hydrogen) atoms. The monoisotopic (exact) mass is 289 g/mol. The molecule has 1 atom stereocenters. The minimum absolute atomic E-state index is 0.198. The summed E-state index contributed by atoms with van der Waals surface area (Å²) < 4.78 is 26.2. The number of carbonyl (C=O) groups is 1. The number of hydrogen-bond acceptors (Lipinski definition) is 5. The number of nitrogens with two attached hydrogens (primary N) is 1. The van der Waals surface area contributed by atoms with Crippen LogP contribution in [0.15, 0.2) is 21.7 Å². The largest absolute Gasteiger partial charge is 0.294 e. The summed E-state index contributed by atoms with van der Waals surface area (Å²) in [7, 11) is -3.46. The smallest absolute Gasteiger partial charge is 0.252 e. The predicted molar refractivity (Wildman–Crippen MR) is 68.1 cm³/mol. The van der Waals surface area contributed by atoms with Crippen LogP contribution >= 0.6 is 11.3 Å². The Kier molecular flexibility index (Phi) is 4.00. The minimum Gasteiger partial charge on any atom is -0.294 e. The minimum atomic E-state index is -3.46. The molecule has 1 fully saturated rings. The van der Waals surface area contributed by atoms with E-state index in [-0.39, 0.29) is 18.4 Å². The van der Waals surface area contributed by atoms with E-state index in [4.69, 9.17) is 5.84 Å². The number of hydrogen-bond donors (Lipinski definition) is 2. The number of piperidine rings is 1. The lowest BCUT2D eigenvalue weighted by Gasteiger charge is -2.30. The van der Waals surface area contributed by atoms with E-state index in [1.54, 1.807) is 17.5 Å². The molecule has 1 aromatic heterocycles.